The lowest BCUT2D eigenvalue weighted by Gasteiger charge is -2.17. The third-order valence-corrected chi connectivity index (χ3v) is 4.15. The van der Waals surface area contributed by atoms with Crippen LogP contribution in [0.15, 0.2) is 24.3 Å². The highest BCUT2D eigenvalue weighted by Gasteiger charge is 2.17. The molecule has 1 fully saturated rings. The molecule has 1 aromatic heterocycles. The van der Waals surface area contributed by atoms with Crippen LogP contribution in [-0.2, 0) is 0 Å². The number of rotatable bonds is 6. The Morgan fingerprint density at radius 2 is 1.85 bits per heavy atom. The molecule has 0 atom stereocenters. The van der Waals surface area contributed by atoms with Gasteiger partial charge in [-0.3, -0.25) is 4.79 Å². The zero-order chi connectivity index (χ0) is 18.5. The summed E-state index contributed by atoms with van der Waals surface area (Å²) >= 11 is 0. The van der Waals surface area contributed by atoms with Gasteiger partial charge in [-0.15, -0.1) is 0 Å². The molecule has 0 aliphatic carbocycles. The zero-order valence-corrected chi connectivity index (χ0v) is 14.6. The Morgan fingerprint density at radius 3 is 2.54 bits per heavy atom. The van der Waals surface area contributed by atoms with E-state index in [9.17, 15) is 13.6 Å². The number of amides is 1. The predicted molar refractivity (Wildman–Crippen MR) is 95.4 cm³/mol. The van der Waals surface area contributed by atoms with Gasteiger partial charge < -0.3 is 15.5 Å². The first-order valence-corrected chi connectivity index (χ1v) is 8.61. The van der Waals surface area contributed by atoms with Crippen LogP contribution in [0.25, 0.3) is 0 Å². The second-order valence-electron chi connectivity index (χ2n) is 6.16. The molecule has 138 valence electrons. The molecule has 1 aromatic carbocycles. The lowest BCUT2D eigenvalue weighted by atomic mass is 10.2. The number of hydrogen-bond acceptors (Lipinski definition) is 5. The van der Waals surface area contributed by atoms with E-state index in [0.29, 0.717) is 12.5 Å². The number of nitrogens with one attached hydrogen (secondary N) is 2. The van der Waals surface area contributed by atoms with Crippen LogP contribution in [0.3, 0.4) is 0 Å². The third-order valence-electron chi connectivity index (χ3n) is 4.15. The maximum absolute atomic E-state index is 13.6. The van der Waals surface area contributed by atoms with Gasteiger partial charge in [0.15, 0.2) is 0 Å². The summed E-state index contributed by atoms with van der Waals surface area (Å²) in [5, 5.41) is 5.52. The van der Waals surface area contributed by atoms with Crippen molar-refractivity contribution < 1.29 is 13.6 Å². The summed E-state index contributed by atoms with van der Waals surface area (Å²) in [6, 6.07) is 5.27. The average Bonchev–Trinajstić information content (AvgIpc) is 3.13. The molecule has 2 heterocycles. The van der Waals surface area contributed by atoms with Gasteiger partial charge in [0.05, 0.1) is 0 Å². The van der Waals surface area contributed by atoms with Crippen LogP contribution in [0, 0.1) is 18.6 Å². The normalized spacial score (nSPS) is 13.7. The summed E-state index contributed by atoms with van der Waals surface area (Å²) in [6.07, 6.45) is 2.31. The first kappa shape index (κ1) is 18.0. The molecule has 2 N–H and O–H groups in total. The fourth-order valence-corrected chi connectivity index (χ4v) is 2.89. The molecule has 8 heteroatoms. The molecule has 0 spiro atoms. The van der Waals surface area contributed by atoms with E-state index in [4.69, 9.17) is 0 Å². The summed E-state index contributed by atoms with van der Waals surface area (Å²) < 4.78 is 27.1. The number of anilines is 2. The number of nitrogens with zero attached hydrogens (tertiary/aromatic N) is 3. The van der Waals surface area contributed by atoms with Crippen LogP contribution in [0.5, 0.6) is 0 Å². The van der Waals surface area contributed by atoms with Gasteiger partial charge >= 0.3 is 0 Å². The Morgan fingerprint density at radius 1 is 1.15 bits per heavy atom. The minimum Gasteiger partial charge on any atom is -0.356 e. The van der Waals surface area contributed by atoms with Gasteiger partial charge in [-0.05, 0) is 31.9 Å². The highest BCUT2D eigenvalue weighted by molar-refractivity contribution is 5.94. The second kappa shape index (κ2) is 8.07. The summed E-state index contributed by atoms with van der Waals surface area (Å²) in [7, 11) is 0. The van der Waals surface area contributed by atoms with Gasteiger partial charge in [-0.2, -0.15) is 4.98 Å². The number of aromatic nitrogens is 2. The van der Waals surface area contributed by atoms with E-state index in [2.05, 4.69) is 25.5 Å². The van der Waals surface area contributed by atoms with E-state index in [0.717, 1.165) is 49.6 Å². The first-order valence-electron chi connectivity index (χ1n) is 8.61. The highest BCUT2D eigenvalue weighted by Crippen LogP contribution is 2.19. The summed E-state index contributed by atoms with van der Waals surface area (Å²) in [6.45, 7) is 4.39. The van der Waals surface area contributed by atoms with E-state index < -0.39 is 23.1 Å². The fourth-order valence-electron chi connectivity index (χ4n) is 2.89. The van der Waals surface area contributed by atoms with Crippen LogP contribution in [0.4, 0.5) is 20.5 Å². The van der Waals surface area contributed by atoms with Crippen molar-refractivity contribution in [3.05, 3.63) is 47.2 Å². The number of halogens is 2. The number of benzene rings is 1. The molecule has 26 heavy (non-hydrogen) atoms. The number of carbonyl (C=O) groups is 1. The van der Waals surface area contributed by atoms with Crippen LogP contribution < -0.4 is 15.5 Å². The smallest absolute Gasteiger partial charge is 0.257 e. The average molecular weight is 361 g/mol. The number of carbonyl (C=O) groups excluding carboxylic acids is 1. The largest absolute Gasteiger partial charge is 0.356 e. The molecule has 1 saturated heterocycles. The van der Waals surface area contributed by atoms with Crippen LogP contribution >= 0.6 is 0 Å². The van der Waals surface area contributed by atoms with Crippen molar-refractivity contribution in [2.45, 2.75) is 19.8 Å². The van der Waals surface area contributed by atoms with Crippen molar-refractivity contribution in [2.24, 2.45) is 0 Å². The van der Waals surface area contributed by atoms with Crippen LogP contribution in [0.2, 0.25) is 0 Å². The molecular formula is C18H21F2N5O. The molecule has 2 aromatic rings. The Labute approximate surface area is 150 Å². The Kier molecular flexibility index (Phi) is 5.60. The minimum absolute atomic E-state index is 0.183. The lowest BCUT2D eigenvalue weighted by Crippen LogP contribution is -2.30. The van der Waals surface area contributed by atoms with Crippen molar-refractivity contribution in [3.8, 4) is 0 Å². The second-order valence-corrected chi connectivity index (χ2v) is 6.16. The topological polar surface area (TPSA) is 70.2 Å². The first-order chi connectivity index (χ1) is 12.5. The maximum Gasteiger partial charge on any atom is 0.257 e. The lowest BCUT2D eigenvalue weighted by molar-refractivity contribution is 0.0946. The van der Waals surface area contributed by atoms with E-state index in [1.807, 2.05) is 13.0 Å². The monoisotopic (exact) mass is 361 g/mol. The third kappa shape index (κ3) is 4.25. The molecule has 1 amide bonds. The SMILES string of the molecule is Cc1cc(N2CCCC2)nc(NCCNC(=O)c2c(F)cccc2F)n1. The summed E-state index contributed by atoms with van der Waals surface area (Å²) in [4.78, 5) is 23.0. The fraction of sp³-hybridized carbons (Fsp3) is 0.389. The van der Waals surface area contributed by atoms with E-state index >= 15 is 0 Å². The molecule has 1 aliphatic rings. The summed E-state index contributed by atoms with van der Waals surface area (Å²) in [5.74, 6) is -1.20. The Bertz CT molecular complexity index is 773. The Hall–Kier alpha value is -2.77. The van der Waals surface area contributed by atoms with Gasteiger partial charge in [0, 0.05) is 37.9 Å². The molecular weight excluding hydrogens is 340 g/mol. The van der Waals surface area contributed by atoms with Gasteiger partial charge in [0.2, 0.25) is 5.95 Å². The van der Waals surface area contributed by atoms with Gasteiger partial charge in [0.25, 0.3) is 5.91 Å². The molecule has 0 radical (unpaired) electrons. The predicted octanol–water partition coefficient (Wildman–Crippen LogP) is 2.51. The van der Waals surface area contributed by atoms with E-state index in [-0.39, 0.29) is 6.54 Å². The van der Waals surface area contributed by atoms with Gasteiger partial charge in [-0.25, -0.2) is 13.8 Å². The number of hydrogen-bond donors (Lipinski definition) is 2. The van der Waals surface area contributed by atoms with Crippen molar-refractivity contribution >= 4 is 17.7 Å². The standard InChI is InChI=1S/C18H21F2N5O/c1-12-11-15(25-9-2-3-10-25)24-18(23-12)22-8-7-21-17(26)16-13(19)5-4-6-14(16)20/h4-6,11H,2-3,7-10H2,1H3,(H,21,26)(H,22,23,24). The van der Waals surface area contributed by atoms with Crippen molar-refractivity contribution in [1.29, 1.82) is 0 Å². The molecule has 6 nitrogen and oxygen atoms in total. The maximum atomic E-state index is 13.6. The number of aryl methyl sites for hydroxylation is 1. The molecule has 1 aliphatic heterocycles. The molecule has 3 rings (SSSR count). The Balaban J connectivity index is 1.54. The van der Waals surface area contributed by atoms with Crippen molar-refractivity contribution in [3.63, 3.8) is 0 Å². The van der Waals surface area contributed by atoms with E-state index in [1.54, 1.807) is 0 Å². The van der Waals surface area contributed by atoms with Gasteiger partial charge in [0.1, 0.15) is 23.0 Å². The van der Waals surface area contributed by atoms with Gasteiger partial charge in [-0.1, -0.05) is 6.07 Å². The van der Waals surface area contributed by atoms with Crippen molar-refractivity contribution in [1.82, 2.24) is 15.3 Å². The van der Waals surface area contributed by atoms with Crippen LogP contribution in [-0.4, -0.2) is 42.1 Å². The quantitative estimate of drug-likeness (QED) is 0.774. The zero-order valence-electron chi connectivity index (χ0n) is 14.6. The van der Waals surface area contributed by atoms with E-state index in [1.165, 1.54) is 6.07 Å². The van der Waals surface area contributed by atoms with Crippen molar-refractivity contribution in [2.75, 3.05) is 36.4 Å². The molecule has 0 unspecified atom stereocenters. The summed E-state index contributed by atoms with van der Waals surface area (Å²) in [5.41, 5.74) is 0.275. The molecule has 0 saturated carbocycles. The minimum atomic E-state index is -0.882. The van der Waals surface area contributed by atoms with Crippen LogP contribution in [0.1, 0.15) is 28.9 Å². The molecule has 0 bridgehead atoms. The highest BCUT2D eigenvalue weighted by atomic mass is 19.1.